The van der Waals surface area contributed by atoms with Crippen LogP contribution < -0.4 is 11.1 Å². The molecule has 2 aromatic rings. The minimum absolute atomic E-state index is 0.0741. The quantitative estimate of drug-likeness (QED) is 0.885. The Hall–Kier alpha value is -1.17. The van der Waals surface area contributed by atoms with Crippen LogP contribution in [0.15, 0.2) is 35.0 Å². The number of rotatable bonds is 5. The van der Waals surface area contributed by atoms with E-state index < -0.39 is 0 Å². The number of carbonyl (C=O) groups is 1. The molecule has 1 aliphatic carbocycles. The zero-order valence-corrected chi connectivity index (χ0v) is 13.5. The molecule has 1 fully saturated rings. The molecular weight excluding hydrogens is 300 g/mol. The number of hydrogen-bond donors (Lipinski definition) is 2. The third-order valence-electron chi connectivity index (χ3n) is 4.19. The predicted molar refractivity (Wildman–Crippen MR) is 88.6 cm³/mol. The molecule has 0 spiro atoms. The van der Waals surface area contributed by atoms with Crippen molar-refractivity contribution in [1.29, 1.82) is 0 Å². The van der Waals surface area contributed by atoms with Crippen molar-refractivity contribution in [2.24, 2.45) is 11.7 Å². The third kappa shape index (κ3) is 3.54. The summed E-state index contributed by atoms with van der Waals surface area (Å²) < 4.78 is 0. The van der Waals surface area contributed by atoms with Crippen molar-refractivity contribution in [3.63, 3.8) is 0 Å². The Balaban J connectivity index is 1.68. The Kier molecular flexibility index (Phi) is 4.73. The van der Waals surface area contributed by atoms with Crippen LogP contribution in [0.3, 0.4) is 0 Å². The molecular formula is C16H20N2OS2. The monoisotopic (exact) mass is 320 g/mol. The summed E-state index contributed by atoms with van der Waals surface area (Å²) in [5.74, 6) is -0.0634. The van der Waals surface area contributed by atoms with Gasteiger partial charge in [0.25, 0.3) is 0 Å². The molecule has 1 aliphatic rings. The molecule has 2 aromatic heterocycles. The molecule has 21 heavy (non-hydrogen) atoms. The van der Waals surface area contributed by atoms with E-state index in [2.05, 4.69) is 40.3 Å². The number of amides is 1. The van der Waals surface area contributed by atoms with E-state index >= 15 is 0 Å². The van der Waals surface area contributed by atoms with Crippen LogP contribution in [-0.2, 0) is 4.79 Å². The van der Waals surface area contributed by atoms with Crippen LogP contribution in [0.2, 0.25) is 0 Å². The predicted octanol–water partition coefficient (Wildman–Crippen LogP) is 3.53. The average Bonchev–Trinajstić information content (AvgIpc) is 3.19. The van der Waals surface area contributed by atoms with Gasteiger partial charge in [-0.05, 0) is 48.6 Å². The van der Waals surface area contributed by atoms with Gasteiger partial charge in [-0.1, -0.05) is 12.1 Å². The number of nitrogens with one attached hydrogen (secondary N) is 1. The van der Waals surface area contributed by atoms with Crippen LogP contribution in [0.5, 0.6) is 0 Å². The van der Waals surface area contributed by atoms with Gasteiger partial charge in [0.15, 0.2) is 0 Å². The average molecular weight is 320 g/mol. The minimum atomic E-state index is -0.137. The summed E-state index contributed by atoms with van der Waals surface area (Å²) in [6.45, 7) is 0. The maximum absolute atomic E-state index is 11.3. The van der Waals surface area contributed by atoms with Gasteiger partial charge in [-0.15, -0.1) is 22.7 Å². The van der Waals surface area contributed by atoms with Crippen molar-refractivity contribution >= 4 is 28.6 Å². The van der Waals surface area contributed by atoms with Crippen molar-refractivity contribution in [1.82, 2.24) is 5.32 Å². The number of carbonyl (C=O) groups excluding carboxylic acids is 1. The van der Waals surface area contributed by atoms with E-state index in [1.165, 1.54) is 9.75 Å². The van der Waals surface area contributed by atoms with Gasteiger partial charge in [-0.25, -0.2) is 0 Å². The van der Waals surface area contributed by atoms with Gasteiger partial charge in [-0.3, -0.25) is 4.79 Å². The molecule has 5 heteroatoms. The lowest BCUT2D eigenvalue weighted by atomic mass is 9.85. The van der Waals surface area contributed by atoms with Gasteiger partial charge in [0.1, 0.15) is 0 Å². The summed E-state index contributed by atoms with van der Waals surface area (Å²) in [6, 6.07) is 9.34. The molecule has 0 aromatic carbocycles. The molecule has 0 saturated heterocycles. The second kappa shape index (κ2) is 6.73. The van der Waals surface area contributed by atoms with E-state index in [-0.39, 0.29) is 17.9 Å². The fourth-order valence-electron chi connectivity index (χ4n) is 3.00. The molecule has 112 valence electrons. The number of nitrogens with two attached hydrogens (primary N) is 1. The lowest BCUT2D eigenvalue weighted by Crippen LogP contribution is -2.38. The van der Waals surface area contributed by atoms with Crippen LogP contribution in [0.4, 0.5) is 0 Å². The molecule has 0 unspecified atom stereocenters. The van der Waals surface area contributed by atoms with Crippen LogP contribution in [-0.4, -0.2) is 11.9 Å². The molecule has 0 radical (unpaired) electrons. The molecule has 2 heterocycles. The van der Waals surface area contributed by atoms with Gasteiger partial charge in [0, 0.05) is 21.7 Å². The zero-order chi connectivity index (χ0) is 14.7. The first-order valence-corrected chi connectivity index (χ1v) is 9.12. The fourth-order valence-corrected chi connectivity index (χ4v) is 4.68. The Bertz CT molecular complexity index is 523. The molecule has 1 saturated carbocycles. The molecule has 0 bridgehead atoms. The lowest BCUT2D eigenvalue weighted by molar-refractivity contribution is -0.122. The molecule has 3 rings (SSSR count). The van der Waals surface area contributed by atoms with Crippen molar-refractivity contribution in [2.45, 2.75) is 37.8 Å². The maximum Gasteiger partial charge on any atom is 0.220 e. The van der Waals surface area contributed by atoms with Gasteiger partial charge in [-0.2, -0.15) is 0 Å². The van der Waals surface area contributed by atoms with E-state index in [1.54, 1.807) is 22.7 Å². The highest BCUT2D eigenvalue weighted by Crippen LogP contribution is 2.32. The van der Waals surface area contributed by atoms with Gasteiger partial charge in [0.05, 0.1) is 6.04 Å². The number of primary amides is 1. The topological polar surface area (TPSA) is 55.1 Å². The second-order valence-corrected chi connectivity index (χ2v) is 7.54. The van der Waals surface area contributed by atoms with Crippen molar-refractivity contribution in [3.8, 4) is 0 Å². The normalized spacial score (nSPS) is 22.5. The highest BCUT2D eigenvalue weighted by molar-refractivity contribution is 7.11. The van der Waals surface area contributed by atoms with Crippen LogP contribution >= 0.6 is 22.7 Å². The Morgan fingerprint density at radius 1 is 1.10 bits per heavy atom. The maximum atomic E-state index is 11.3. The van der Waals surface area contributed by atoms with Crippen LogP contribution in [0.25, 0.3) is 0 Å². The SMILES string of the molecule is NC(=O)C1CCC(NC(c2cccs2)c2cccs2)CC1. The number of thiophene rings is 2. The number of hydrogen-bond acceptors (Lipinski definition) is 4. The third-order valence-corrected chi connectivity index (χ3v) is 6.06. The summed E-state index contributed by atoms with van der Waals surface area (Å²) in [7, 11) is 0. The van der Waals surface area contributed by atoms with Crippen molar-refractivity contribution in [2.75, 3.05) is 0 Å². The lowest BCUT2D eigenvalue weighted by Gasteiger charge is -2.30. The summed E-state index contributed by atoms with van der Waals surface area (Å²) in [4.78, 5) is 14.0. The summed E-state index contributed by atoms with van der Waals surface area (Å²) in [5, 5.41) is 8.04. The van der Waals surface area contributed by atoms with Crippen LogP contribution in [0.1, 0.15) is 41.5 Å². The first-order chi connectivity index (χ1) is 10.2. The van der Waals surface area contributed by atoms with E-state index in [0.717, 1.165) is 25.7 Å². The smallest absolute Gasteiger partial charge is 0.220 e. The highest BCUT2D eigenvalue weighted by Gasteiger charge is 2.27. The van der Waals surface area contributed by atoms with E-state index in [9.17, 15) is 4.79 Å². The zero-order valence-electron chi connectivity index (χ0n) is 11.8. The second-order valence-electron chi connectivity index (χ2n) is 5.58. The molecule has 0 aliphatic heterocycles. The van der Waals surface area contributed by atoms with Crippen molar-refractivity contribution in [3.05, 3.63) is 44.8 Å². The molecule has 3 nitrogen and oxygen atoms in total. The Morgan fingerprint density at radius 3 is 2.10 bits per heavy atom. The van der Waals surface area contributed by atoms with E-state index in [4.69, 9.17) is 5.73 Å². The minimum Gasteiger partial charge on any atom is -0.369 e. The highest BCUT2D eigenvalue weighted by atomic mass is 32.1. The summed E-state index contributed by atoms with van der Waals surface area (Å²) in [6.07, 6.45) is 3.88. The van der Waals surface area contributed by atoms with Gasteiger partial charge >= 0.3 is 0 Å². The summed E-state index contributed by atoms with van der Waals surface area (Å²) >= 11 is 3.59. The Morgan fingerprint density at radius 2 is 1.67 bits per heavy atom. The molecule has 1 amide bonds. The first kappa shape index (κ1) is 14.8. The van der Waals surface area contributed by atoms with Gasteiger partial charge < -0.3 is 11.1 Å². The Labute approximate surface area is 133 Å². The standard InChI is InChI=1S/C16H20N2OS2/c17-16(19)11-5-7-12(8-6-11)18-15(13-3-1-9-20-13)14-4-2-10-21-14/h1-4,9-12,15,18H,5-8H2,(H2,17,19). The fraction of sp³-hybridized carbons (Fsp3) is 0.438. The molecule has 3 N–H and O–H groups in total. The van der Waals surface area contributed by atoms with Crippen LogP contribution in [0, 0.1) is 5.92 Å². The van der Waals surface area contributed by atoms with E-state index in [1.807, 2.05) is 0 Å². The van der Waals surface area contributed by atoms with Crippen molar-refractivity contribution < 1.29 is 4.79 Å². The first-order valence-electron chi connectivity index (χ1n) is 7.36. The van der Waals surface area contributed by atoms with E-state index in [0.29, 0.717) is 6.04 Å². The summed E-state index contributed by atoms with van der Waals surface area (Å²) in [5.41, 5.74) is 5.41. The van der Waals surface area contributed by atoms with Gasteiger partial charge in [0.2, 0.25) is 5.91 Å². The molecule has 0 atom stereocenters. The largest absolute Gasteiger partial charge is 0.369 e.